The van der Waals surface area contributed by atoms with Crippen molar-refractivity contribution in [2.45, 2.75) is 38.7 Å². The maximum Gasteiger partial charge on any atom is 0.310 e. The lowest BCUT2D eigenvalue weighted by atomic mass is 9.94. The Hall–Kier alpha value is -3.09. The van der Waals surface area contributed by atoms with E-state index in [-0.39, 0.29) is 18.2 Å². The van der Waals surface area contributed by atoms with Crippen LogP contribution in [0.4, 0.5) is 4.39 Å². The largest absolute Gasteiger partial charge is 0.481 e. The van der Waals surface area contributed by atoms with Crippen molar-refractivity contribution in [3.05, 3.63) is 76.9 Å². The molecule has 0 aliphatic carbocycles. The number of carbonyl (C=O) groups excluding carboxylic acids is 1. The van der Waals surface area contributed by atoms with Gasteiger partial charge >= 0.3 is 5.97 Å². The summed E-state index contributed by atoms with van der Waals surface area (Å²) in [6, 6.07) is 16.2. The zero-order valence-electron chi connectivity index (χ0n) is 17.9. The summed E-state index contributed by atoms with van der Waals surface area (Å²) in [5.41, 5.74) is 3.73. The van der Waals surface area contributed by atoms with E-state index in [1.807, 2.05) is 30.3 Å². The maximum absolute atomic E-state index is 13.6. The van der Waals surface area contributed by atoms with Crippen LogP contribution in [0.3, 0.4) is 0 Å². The van der Waals surface area contributed by atoms with Gasteiger partial charge in [0.1, 0.15) is 18.0 Å². The van der Waals surface area contributed by atoms with Crippen LogP contribution in [0.2, 0.25) is 0 Å². The van der Waals surface area contributed by atoms with Crippen molar-refractivity contribution in [2.24, 2.45) is 0 Å². The standard InChI is InChI=1S/C26H25FO4S/c1-16(2)25-22(13-12-20(28)14-21(29)15-23(30)31)24(17-8-10-19(27)11-9-17)26(32-25)18-6-4-3-5-7-18/h3-13,16,20,28H,14-15H2,1-2H3,(H,30,31)/b13-12+. The van der Waals surface area contributed by atoms with Crippen LogP contribution >= 0.6 is 11.3 Å². The van der Waals surface area contributed by atoms with E-state index < -0.39 is 24.3 Å². The Balaban J connectivity index is 2.09. The number of carboxylic acids is 1. The molecule has 1 atom stereocenters. The molecule has 32 heavy (non-hydrogen) atoms. The molecule has 0 saturated heterocycles. The van der Waals surface area contributed by atoms with Crippen LogP contribution in [0.5, 0.6) is 0 Å². The Labute approximate surface area is 190 Å². The second-order valence-corrected chi connectivity index (χ2v) is 8.90. The first-order valence-corrected chi connectivity index (χ1v) is 11.2. The number of hydrogen-bond acceptors (Lipinski definition) is 4. The fourth-order valence-corrected chi connectivity index (χ4v) is 4.82. The topological polar surface area (TPSA) is 74.6 Å². The van der Waals surface area contributed by atoms with Gasteiger partial charge in [-0.15, -0.1) is 11.3 Å². The third-order valence-corrected chi connectivity index (χ3v) is 6.49. The van der Waals surface area contributed by atoms with Gasteiger partial charge in [0, 0.05) is 21.7 Å². The smallest absolute Gasteiger partial charge is 0.310 e. The minimum Gasteiger partial charge on any atom is -0.481 e. The van der Waals surface area contributed by atoms with Gasteiger partial charge in [0.15, 0.2) is 0 Å². The van der Waals surface area contributed by atoms with Crippen LogP contribution in [-0.4, -0.2) is 28.1 Å². The number of aliphatic carboxylic acids is 1. The first kappa shape index (κ1) is 23.6. The summed E-state index contributed by atoms with van der Waals surface area (Å²) < 4.78 is 13.6. The predicted molar refractivity (Wildman–Crippen MR) is 126 cm³/mol. The van der Waals surface area contributed by atoms with Crippen LogP contribution in [0.1, 0.15) is 43.0 Å². The normalized spacial score (nSPS) is 12.4. The number of carbonyl (C=O) groups is 2. The number of aliphatic hydroxyl groups is 1. The number of halogens is 1. The van der Waals surface area contributed by atoms with E-state index in [1.54, 1.807) is 29.5 Å². The van der Waals surface area contributed by atoms with Crippen LogP contribution in [0.25, 0.3) is 27.6 Å². The zero-order chi connectivity index (χ0) is 23.3. The van der Waals surface area contributed by atoms with Crippen molar-refractivity contribution < 1.29 is 24.2 Å². The Bertz CT molecular complexity index is 1110. The molecule has 0 aliphatic heterocycles. The third kappa shape index (κ3) is 5.78. The van der Waals surface area contributed by atoms with Crippen molar-refractivity contribution in [3.63, 3.8) is 0 Å². The van der Waals surface area contributed by atoms with Crippen LogP contribution in [0, 0.1) is 5.82 Å². The molecule has 0 amide bonds. The number of rotatable bonds is 9. The van der Waals surface area contributed by atoms with Crippen LogP contribution in [0.15, 0.2) is 60.7 Å². The Kier molecular flexibility index (Phi) is 7.72. The fourth-order valence-electron chi connectivity index (χ4n) is 3.50. The molecule has 4 nitrogen and oxygen atoms in total. The minimum absolute atomic E-state index is 0.196. The second-order valence-electron chi connectivity index (χ2n) is 7.85. The molecule has 0 bridgehead atoms. The quantitative estimate of drug-likeness (QED) is 0.382. The monoisotopic (exact) mass is 452 g/mol. The van der Waals surface area contributed by atoms with Crippen LogP contribution < -0.4 is 0 Å². The molecule has 0 radical (unpaired) electrons. The van der Waals surface area contributed by atoms with Gasteiger partial charge in [-0.2, -0.15) is 0 Å². The molecule has 2 N–H and O–H groups in total. The Morgan fingerprint density at radius 2 is 1.69 bits per heavy atom. The molecule has 0 fully saturated rings. The van der Waals surface area contributed by atoms with Gasteiger partial charge in [0.2, 0.25) is 0 Å². The lowest BCUT2D eigenvalue weighted by Crippen LogP contribution is -2.14. The Morgan fingerprint density at radius 1 is 1.03 bits per heavy atom. The lowest BCUT2D eigenvalue weighted by Gasteiger charge is -2.10. The average molecular weight is 453 g/mol. The van der Waals surface area contributed by atoms with E-state index in [0.717, 1.165) is 32.0 Å². The molecule has 166 valence electrons. The van der Waals surface area contributed by atoms with E-state index in [9.17, 15) is 19.1 Å². The summed E-state index contributed by atoms with van der Waals surface area (Å²) in [6.07, 6.45) is 1.34. The van der Waals surface area contributed by atoms with Gasteiger partial charge in [-0.3, -0.25) is 9.59 Å². The van der Waals surface area contributed by atoms with Crippen molar-refractivity contribution in [1.82, 2.24) is 0 Å². The SMILES string of the molecule is CC(C)c1sc(-c2ccccc2)c(-c2ccc(F)cc2)c1/C=C/C(O)CC(=O)CC(=O)O. The molecule has 1 heterocycles. The van der Waals surface area contributed by atoms with Gasteiger partial charge in [0.25, 0.3) is 0 Å². The first-order valence-electron chi connectivity index (χ1n) is 10.3. The molecule has 6 heteroatoms. The zero-order valence-corrected chi connectivity index (χ0v) is 18.7. The molecule has 1 unspecified atom stereocenters. The van der Waals surface area contributed by atoms with E-state index in [4.69, 9.17) is 5.11 Å². The highest BCUT2D eigenvalue weighted by atomic mass is 32.1. The minimum atomic E-state index is -1.21. The summed E-state index contributed by atoms with van der Waals surface area (Å²) in [6.45, 7) is 4.17. The number of thiophene rings is 1. The van der Waals surface area contributed by atoms with Gasteiger partial charge in [-0.05, 0) is 34.7 Å². The number of aliphatic hydroxyl groups excluding tert-OH is 1. The number of ketones is 1. The first-order chi connectivity index (χ1) is 15.3. The second kappa shape index (κ2) is 10.5. The van der Waals surface area contributed by atoms with Gasteiger partial charge < -0.3 is 10.2 Å². The third-order valence-electron chi connectivity index (χ3n) is 4.94. The number of carboxylic acid groups (broad SMARTS) is 1. The molecule has 2 aromatic carbocycles. The highest BCUT2D eigenvalue weighted by molar-refractivity contribution is 7.16. The summed E-state index contributed by atoms with van der Waals surface area (Å²) in [4.78, 5) is 24.6. The van der Waals surface area contributed by atoms with Gasteiger partial charge in [-0.1, -0.05) is 68.5 Å². The fraction of sp³-hybridized carbons (Fsp3) is 0.231. The molecule has 0 aliphatic rings. The Morgan fingerprint density at radius 3 is 2.28 bits per heavy atom. The highest BCUT2D eigenvalue weighted by Crippen LogP contribution is 2.46. The number of hydrogen-bond donors (Lipinski definition) is 2. The molecule has 0 spiro atoms. The van der Waals surface area contributed by atoms with E-state index in [2.05, 4.69) is 13.8 Å². The van der Waals surface area contributed by atoms with E-state index in [0.29, 0.717) is 0 Å². The van der Waals surface area contributed by atoms with E-state index in [1.165, 1.54) is 18.2 Å². The highest BCUT2D eigenvalue weighted by Gasteiger charge is 2.21. The van der Waals surface area contributed by atoms with Crippen LogP contribution in [-0.2, 0) is 9.59 Å². The maximum atomic E-state index is 13.6. The average Bonchev–Trinajstić information content (AvgIpc) is 3.12. The molecule has 1 aromatic heterocycles. The number of benzene rings is 2. The summed E-state index contributed by atoms with van der Waals surface area (Å²) in [7, 11) is 0. The summed E-state index contributed by atoms with van der Waals surface area (Å²) in [5, 5.41) is 19.0. The number of Topliss-reactive ketones (excluding diaryl/α,β-unsaturated/α-hetero) is 1. The van der Waals surface area contributed by atoms with Gasteiger partial charge in [0.05, 0.1) is 6.10 Å². The molecule has 3 rings (SSSR count). The van der Waals surface area contributed by atoms with Crippen molar-refractivity contribution >= 4 is 29.2 Å². The van der Waals surface area contributed by atoms with Crippen molar-refractivity contribution in [1.29, 1.82) is 0 Å². The van der Waals surface area contributed by atoms with Gasteiger partial charge in [-0.25, -0.2) is 4.39 Å². The molecular formula is C26H25FO4S. The van der Waals surface area contributed by atoms with Crippen molar-refractivity contribution in [2.75, 3.05) is 0 Å². The molecule has 3 aromatic rings. The summed E-state index contributed by atoms with van der Waals surface area (Å²) in [5.74, 6) is -1.87. The summed E-state index contributed by atoms with van der Waals surface area (Å²) >= 11 is 1.65. The molecular weight excluding hydrogens is 427 g/mol. The van der Waals surface area contributed by atoms with E-state index >= 15 is 0 Å². The predicted octanol–water partition coefficient (Wildman–Crippen LogP) is 6.15. The van der Waals surface area contributed by atoms with Crippen molar-refractivity contribution in [3.8, 4) is 21.6 Å². The molecule has 0 saturated carbocycles. The lowest BCUT2D eigenvalue weighted by molar-refractivity contribution is -0.140.